The van der Waals surface area contributed by atoms with E-state index < -0.39 is 17.7 Å². The highest BCUT2D eigenvalue weighted by molar-refractivity contribution is 5.81. The summed E-state index contributed by atoms with van der Waals surface area (Å²) in [7, 11) is 0. The molecule has 0 aliphatic carbocycles. The molecule has 0 aromatic heterocycles. The molecular weight excluding hydrogens is 334 g/mol. The zero-order chi connectivity index (χ0) is 18.7. The average molecular weight is 355 g/mol. The van der Waals surface area contributed by atoms with Gasteiger partial charge in [-0.15, -0.1) is 4.99 Å². The molecule has 2 atom stereocenters. The number of hydrogen-bond donors (Lipinski definition) is 2. The summed E-state index contributed by atoms with van der Waals surface area (Å²) in [5, 5.41) is 32.3. The molecule has 1 saturated heterocycles. The van der Waals surface area contributed by atoms with Crippen molar-refractivity contribution >= 4 is 5.96 Å². The third-order valence-electron chi connectivity index (χ3n) is 4.63. The van der Waals surface area contributed by atoms with Crippen molar-refractivity contribution < 1.29 is 14.6 Å². The molecule has 1 unspecified atom stereocenters. The molecule has 0 bridgehead atoms. The van der Waals surface area contributed by atoms with Crippen LogP contribution in [-0.4, -0.2) is 54.0 Å². The summed E-state index contributed by atoms with van der Waals surface area (Å²) in [4.78, 5) is 5.82. The van der Waals surface area contributed by atoms with Gasteiger partial charge in [-0.1, -0.05) is 0 Å². The lowest BCUT2D eigenvalue weighted by Crippen LogP contribution is -2.56. The molecule has 0 amide bonds. The van der Waals surface area contributed by atoms with Gasteiger partial charge in [-0.3, -0.25) is 0 Å². The fraction of sp³-hybridized carbons (Fsp3) is 0.500. The van der Waals surface area contributed by atoms with Crippen LogP contribution in [0.3, 0.4) is 0 Å². The van der Waals surface area contributed by atoms with E-state index in [2.05, 4.69) is 16.4 Å². The first kappa shape index (κ1) is 18.0. The summed E-state index contributed by atoms with van der Waals surface area (Å²) in [6.07, 6.45) is 0.906. The zero-order valence-corrected chi connectivity index (χ0v) is 14.8. The van der Waals surface area contributed by atoms with Crippen molar-refractivity contribution in [2.45, 2.75) is 31.6 Å². The number of nitriles is 2. The van der Waals surface area contributed by atoms with E-state index in [1.165, 1.54) is 0 Å². The molecule has 0 spiro atoms. The standard InChI is InChI=1S/C18H21N5O3/c1-18(2)16(24)15(13-9-12(10-19)3-4-14(13)26-18)22-17(21-11-20)23-5-7-25-8-6-23/h3-4,9,15-16,24H,5-8H2,1-2H3,(H,21,22)/t15-,16?/m1/s1. The Hall–Kier alpha value is -2.81. The highest BCUT2D eigenvalue weighted by Gasteiger charge is 2.43. The van der Waals surface area contributed by atoms with Gasteiger partial charge in [-0.25, -0.2) is 0 Å². The lowest BCUT2D eigenvalue weighted by molar-refractivity contribution is -0.0618. The number of fused-ring (bicyclic) bond motifs is 1. The molecule has 3 rings (SSSR count). The molecule has 2 aliphatic heterocycles. The van der Waals surface area contributed by atoms with E-state index in [1.807, 2.05) is 11.1 Å². The summed E-state index contributed by atoms with van der Waals surface area (Å²) in [5.41, 5.74) is 0.285. The van der Waals surface area contributed by atoms with E-state index in [9.17, 15) is 10.4 Å². The summed E-state index contributed by atoms with van der Waals surface area (Å²) in [5.74, 6) is 0.973. The number of morpholine rings is 1. The van der Waals surface area contributed by atoms with Gasteiger partial charge in [0, 0.05) is 18.7 Å². The Kier molecular flexibility index (Phi) is 4.99. The third-order valence-corrected chi connectivity index (χ3v) is 4.63. The number of aliphatic hydroxyl groups is 1. The molecule has 2 N–H and O–H groups in total. The number of nitrogens with one attached hydrogen (secondary N) is 1. The third kappa shape index (κ3) is 3.43. The lowest BCUT2D eigenvalue weighted by Gasteiger charge is -2.43. The van der Waals surface area contributed by atoms with E-state index in [0.717, 1.165) is 0 Å². The minimum absolute atomic E-state index is 0.380. The quantitative estimate of drug-likeness (QED) is 0.437. The van der Waals surface area contributed by atoms with E-state index >= 15 is 0 Å². The smallest absolute Gasteiger partial charge is 0.210 e. The normalized spacial score (nSPS) is 24.7. The van der Waals surface area contributed by atoms with Crippen LogP contribution in [0, 0.1) is 22.8 Å². The Morgan fingerprint density at radius 2 is 2.08 bits per heavy atom. The number of rotatable bonds is 1. The van der Waals surface area contributed by atoms with E-state index in [-0.39, 0.29) is 0 Å². The predicted molar refractivity (Wildman–Crippen MR) is 93.2 cm³/mol. The number of aliphatic imine (C=N–C) groups is 1. The minimum Gasteiger partial charge on any atom is -0.485 e. The van der Waals surface area contributed by atoms with Gasteiger partial charge in [0.15, 0.2) is 0 Å². The van der Waals surface area contributed by atoms with Crippen molar-refractivity contribution in [1.29, 1.82) is 10.5 Å². The second-order valence-corrected chi connectivity index (χ2v) is 6.77. The number of ether oxygens (including phenoxy) is 2. The average Bonchev–Trinajstić information content (AvgIpc) is 2.65. The van der Waals surface area contributed by atoms with Gasteiger partial charge in [0.25, 0.3) is 0 Å². The highest BCUT2D eigenvalue weighted by Crippen LogP contribution is 2.40. The van der Waals surface area contributed by atoms with Crippen molar-refractivity contribution in [3.8, 4) is 18.0 Å². The van der Waals surface area contributed by atoms with Gasteiger partial charge in [-0.2, -0.15) is 10.5 Å². The predicted octanol–water partition coefficient (Wildman–Crippen LogP) is 0.890. The van der Waals surface area contributed by atoms with Crippen molar-refractivity contribution in [1.82, 2.24) is 10.2 Å². The number of aliphatic hydroxyl groups excluding tert-OH is 1. The molecule has 8 nitrogen and oxygen atoms in total. The number of benzene rings is 1. The molecule has 1 aromatic carbocycles. The van der Waals surface area contributed by atoms with Crippen LogP contribution >= 0.6 is 0 Å². The SMILES string of the molecule is CC1(C)Oc2ccc(C#N)cc2[C@@H](NC(=NC#N)N2CCOCC2)C1O. The Bertz CT molecular complexity index is 787. The number of hydrogen-bond acceptors (Lipinski definition) is 6. The van der Waals surface area contributed by atoms with Crippen molar-refractivity contribution in [2.24, 2.45) is 4.99 Å². The lowest BCUT2D eigenvalue weighted by atomic mass is 9.86. The Labute approximate surface area is 152 Å². The van der Waals surface area contributed by atoms with Crippen molar-refractivity contribution in [3.05, 3.63) is 29.3 Å². The Balaban J connectivity index is 1.97. The molecule has 1 fully saturated rings. The largest absolute Gasteiger partial charge is 0.485 e. The van der Waals surface area contributed by atoms with E-state index in [4.69, 9.17) is 14.7 Å². The molecule has 2 heterocycles. The van der Waals surface area contributed by atoms with Gasteiger partial charge in [0.05, 0.1) is 30.9 Å². The van der Waals surface area contributed by atoms with Crippen LogP contribution in [0.4, 0.5) is 0 Å². The summed E-state index contributed by atoms with van der Waals surface area (Å²) in [6.45, 7) is 5.88. The molecule has 8 heteroatoms. The highest BCUT2D eigenvalue weighted by atomic mass is 16.5. The molecule has 26 heavy (non-hydrogen) atoms. The monoisotopic (exact) mass is 355 g/mol. The summed E-state index contributed by atoms with van der Waals surface area (Å²) >= 11 is 0. The maximum atomic E-state index is 10.9. The first-order valence-electron chi connectivity index (χ1n) is 8.43. The number of guanidine groups is 1. The van der Waals surface area contributed by atoms with Crippen LogP contribution in [0.2, 0.25) is 0 Å². The van der Waals surface area contributed by atoms with Crippen LogP contribution in [-0.2, 0) is 4.74 Å². The second kappa shape index (κ2) is 7.20. The molecule has 2 aliphatic rings. The summed E-state index contributed by atoms with van der Waals surface area (Å²) in [6, 6.07) is 6.62. The van der Waals surface area contributed by atoms with Gasteiger partial charge in [0.2, 0.25) is 12.2 Å². The van der Waals surface area contributed by atoms with E-state index in [0.29, 0.717) is 49.1 Å². The van der Waals surface area contributed by atoms with Crippen LogP contribution in [0.15, 0.2) is 23.2 Å². The van der Waals surface area contributed by atoms with E-state index in [1.54, 1.807) is 32.0 Å². The molecule has 1 aromatic rings. The number of nitrogens with zero attached hydrogens (tertiary/aromatic N) is 4. The van der Waals surface area contributed by atoms with Gasteiger partial charge in [0.1, 0.15) is 17.5 Å². The zero-order valence-electron chi connectivity index (χ0n) is 14.8. The first-order valence-corrected chi connectivity index (χ1v) is 8.43. The Morgan fingerprint density at radius 1 is 1.35 bits per heavy atom. The van der Waals surface area contributed by atoms with Gasteiger partial charge in [-0.05, 0) is 32.0 Å². The molecule has 136 valence electrons. The van der Waals surface area contributed by atoms with Crippen molar-refractivity contribution in [3.63, 3.8) is 0 Å². The van der Waals surface area contributed by atoms with Crippen LogP contribution in [0.5, 0.6) is 5.75 Å². The maximum Gasteiger partial charge on any atom is 0.210 e. The fourth-order valence-corrected chi connectivity index (χ4v) is 3.18. The summed E-state index contributed by atoms with van der Waals surface area (Å²) < 4.78 is 11.3. The van der Waals surface area contributed by atoms with Gasteiger partial charge >= 0.3 is 0 Å². The first-order chi connectivity index (χ1) is 12.5. The second-order valence-electron chi connectivity index (χ2n) is 6.77. The minimum atomic E-state index is -0.908. The maximum absolute atomic E-state index is 10.9. The van der Waals surface area contributed by atoms with Crippen LogP contribution in [0.1, 0.15) is 31.0 Å². The van der Waals surface area contributed by atoms with Crippen LogP contribution < -0.4 is 10.1 Å². The molecule has 0 saturated carbocycles. The van der Waals surface area contributed by atoms with Crippen molar-refractivity contribution in [2.75, 3.05) is 26.3 Å². The van der Waals surface area contributed by atoms with Gasteiger partial charge < -0.3 is 24.8 Å². The molecule has 0 radical (unpaired) electrons. The topological polar surface area (TPSA) is 114 Å². The molecular formula is C18H21N5O3. The fourth-order valence-electron chi connectivity index (χ4n) is 3.18. The van der Waals surface area contributed by atoms with Crippen LogP contribution in [0.25, 0.3) is 0 Å². The Morgan fingerprint density at radius 3 is 2.73 bits per heavy atom.